The van der Waals surface area contributed by atoms with Crippen LogP contribution in [-0.2, 0) is 0 Å². The Bertz CT molecular complexity index is 872. The van der Waals surface area contributed by atoms with E-state index in [-0.39, 0.29) is 5.56 Å². The van der Waals surface area contributed by atoms with Gasteiger partial charge in [0, 0.05) is 16.7 Å². The molecule has 1 heterocycles. The van der Waals surface area contributed by atoms with E-state index in [0.29, 0.717) is 12.1 Å². The van der Waals surface area contributed by atoms with Gasteiger partial charge >= 0.3 is 5.97 Å². The third-order valence-corrected chi connectivity index (χ3v) is 3.71. The molecule has 0 fully saturated rings. The highest BCUT2D eigenvalue weighted by atomic mass is 16.5. The van der Waals surface area contributed by atoms with E-state index in [2.05, 4.69) is 11.8 Å². The van der Waals surface area contributed by atoms with E-state index >= 15 is 0 Å². The van der Waals surface area contributed by atoms with Crippen molar-refractivity contribution in [3.8, 4) is 11.8 Å². The first kappa shape index (κ1) is 14.9. The quantitative estimate of drug-likeness (QED) is 0.793. The first-order valence-corrected chi connectivity index (χ1v) is 7.16. The number of aromatic carboxylic acids is 1. The lowest BCUT2D eigenvalue weighted by Gasteiger charge is -2.23. The lowest BCUT2D eigenvalue weighted by atomic mass is 10.0. The first-order chi connectivity index (χ1) is 11.0. The number of carboxylic acids is 1. The second kappa shape index (κ2) is 5.99. The second-order valence-electron chi connectivity index (χ2n) is 5.37. The summed E-state index contributed by atoms with van der Waals surface area (Å²) in [6.45, 7) is 2.19. The number of carboxylic acid groups (broad SMARTS) is 1. The van der Waals surface area contributed by atoms with Gasteiger partial charge < -0.3 is 5.11 Å². The molecule has 0 aromatic heterocycles. The second-order valence-corrected chi connectivity index (χ2v) is 5.37. The number of carbonyl (C=O) groups is 1. The van der Waals surface area contributed by atoms with Crippen LogP contribution in [0.3, 0.4) is 0 Å². The molecule has 0 spiro atoms. The SMILES string of the molecule is Cc1ccc(C(=O)O)cc1C#CC1=Cc2ccccc2N(O)C1. The molecule has 2 N–H and O–H groups in total. The molecule has 0 amide bonds. The van der Waals surface area contributed by atoms with E-state index in [1.165, 1.54) is 5.06 Å². The van der Waals surface area contributed by atoms with Crippen LogP contribution in [0.5, 0.6) is 0 Å². The highest BCUT2D eigenvalue weighted by molar-refractivity contribution is 5.88. The van der Waals surface area contributed by atoms with Gasteiger partial charge in [-0.3, -0.25) is 10.3 Å². The van der Waals surface area contributed by atoms with Gasteiger partial charge in [-0.15, -0.1) is 0 Å². The normalized spacial score (nSPS) is 12.8. The average Bonchev–Trinajstić information content (AvgIpc) is 2.54. The van der Waals surface area contributed by atoms with E-state index in [4.69, 9.17) is 5.11 Å². The van der Waals surface area contributed by atoms with Crippen molar-refractivity contribution in [2.45, 2.75) is 6.92 Å². The summed E-state index contributed by atoms with van der Waals surface area (Å²) >= 11 is 0. The summed E-state index contributed by atoms with van der Waals surface area (Å²) in [5, 5.41) is 20.3. The standard InChI is InChI=1S/C19H15NO3/c1-13-6-8-17(19(21)22)11-15(13)9-7-14-10-16-4-2-3-5-18(16)20(23)12-14/h2-6,8,10-11,23H,12H2,1H3,(H,21,22). The predicted molar refractivity (Wildman–Crippen MR) is 88.6 cm³/mol. The minimum Gasteiger partial charge on any atom is -0.478 e. The van der Waals surface area contributed by atoms with E-state index in [1.54, 1.807) is 18.2 Å². The van der Waals surface area contributed by atoms with Gasteiger partial charge in [-0.1, -0.05) is 36.1 Å². The van der Waals surface area contributed by atoms with Gasteiger partial charge in [0.05, 0.1) is 17.8 Å². The van der Waals surface area contributed by atoms with Crippen molar-refractivity contribution in [3.05, 3.63) is 70.3 Å². The molecule has 2 aromatic carbocycles. The molecule has 23 heavy (non-hydrogen) atoms. The van der Waals surface area contributed by atoms with Crippen molar-refractivity contribution in [3.63, 3.8) is 0 Å². The van der Waals surface area contributed by atoms with Gasteiger partial charge in [0.15, 0.2) is 0 Å². The van der Waals surface area contributed by atoms with Crippen LogP contribution in [0.15, 0.2) is 48.0 Å². The molecule has 2 aromatic rings. The number of fused-ring (bicyclic) bond motifs is 1. The zero-order chi connectivity index (χ0) is 16.4. The third kappa shape index (κ3) is 3.10. The van der Waals surface area contributed by atoms with Crippen LogP contribution in [0.1, 0.15) is 27.0 Å². The van der Waals surface area contributed by atoms with E-state index in [9.17, 15) is 10.0 Å². The summed E-state index contributed by atoms with van der Waals surface area (Å²) < 4.78 is 0. The summed E-state index contributed by atoms with van der Waals surface area (Å²) in [5.41, 5.74) is 4.23. The van der Waals surface area contributed by atoms with Crippen molar-refractivity contribution in [2.24, 2.45) is 0 Å². The Kier molecular flexibility index (Phi) is 3.88. The number of benzene rings is 2. The van der Waals surface area contributed by atoms with Crippen molar-refractivity contribution >= 4 is 17.7 Å². The monoisotopic (exact) mass is 305 g/mol. The Hall–Kier alpha value is -3.03. The van der Waals surface area contributed by atoms with Gasteiger partial charge in [0.1, 0.15) is 0 Å². The Labute approximate surface area is 134 Å². The molecule has 114 valence electrons. The summed E-state index contributed by atoms with van der Waals surface area (Å²) in [7, 11) is 0. The fourth-order valence-corrected chi connectivity index (χ4v) is 2.44. The van der Waals surface area contributed by atoms with Gasteiger partial charge in [-0.2, -0.15) is 0 Å². The van der Waals surface area contributed by atoms with Crippen LogP contribution in [-0.4, -0.2) is 22.8 Å². The minimum absolute atomic E-state index is 0.214. The van der Waals surface area contributed by atoms with Gasteiger partial charge in [0.25, 0.3) is 0 Å². The molecule has 0 aliphatic carbocycles. The molecule has 0 atom stereocenters. The molecule has 0 bridgehead atoms. The summed E-state index contributed by atoms with van der Waals surface area (Å²) in [6.07, 6.45) is 1.94. The van der Waals surface area contributed by atoms with Crippen LogP contribution in [0.4, 0.5) is 5.69 Å². The number of hydrogen-bond donors (Lipinski definition) is 2. The maximum Gasteiger partial charge on any atom is 0.335 e. The van der Waals surface area contributed by atoms with Crippen LogP contribution >= 0.6 is 0 Å². The molecule has 4 nitrogen and oxygen atoms in total. The Balaban J connectivity index is 1.96. The lowest BCUT2D eigenvalue weighted by molar-refractivity contribution is 0.0697. The first-order valence-electron chi connectivity index (χ1n) is 7.16. The number of para-hydroxylation sites is 1. The minimum atomic E-state index is -0.972. The third-order valence-electron chi connectivity index (χ3n) is 3.71. The Morgan fingerprint density at radius 1 is 1.17 bits per heavy atom. The number of aryl methyl sites for hydroxylation is 1. The fraction of sp³-hybridized carbons (Fsp3) is 0.105. The van der Waals surface area contributed by atoms with Crippen molar-refractivity contribution in [1.82, 2.24) is 0 Å². The highest BCUT2D eigenvalue weighted by Crippen LogP contribution is 2.26. The van der Waals surface area contributed by atoms with Crippen molar-refractivity contribution < 1.29 is 15.1 Å². The summed E-state index contributed by atoms with van der Waals surface area (Å²) in [6, 6.07) is 12.4. The molecular formula is C19H15NO3. The Morgan fingerprint density at radius 2 is 1.96 bits per heavy atom. The molecule has 4 heteroatoms. The van der Waals surface area contributed by atoms with Crippen molar-refractivity contribution in [2.75, 3.05) is 11.6 Å². The van der Waals surface area contributed by atoms with Crippen molar-refractivity contribution in [1.29, 1.82) is 0 Å². The molecule has 0 radical (unpaired) electrons. The van der Waals surface area contributed by atoms with E-state index in [0.717, 1.165) is 22.4 Å². The van der Waals surface area contributed by atoms with Gasteiger partial charge in [-0.25, -0.2) is 4.79 Å². The number of rotatable bonds is 1. The highest BCUT2D eigenvalue weighted by Gasteiger charge is 2.14. The zero-order valence-electron chi connectivity index (χ0n) is 12.6. The Morgan fingerprint density at radius 3 is 2.74 bits per heavy atom. The largest absolute Gasteiger partial charge is 0.478 e. The van der Waals surface area contributed by atoms with Crippen LogP contribution < -0.4 is 5.06 Å². The predicted octanol–water partition coefficient (Wildman–Crippen LogP) is 3.34. The fourth-order valence-electron chi connectivity index (χ4n) is 2.44. The summed E-state index contributed by atoms with van der Waals surface area (Å²) in [5.74, 6) is 5.07. The molecule has 0 saturated heterocycles. The smallest absolute Gasteiger partial charge is 0.335 e. The zero-order valence-corrected chi connectivity index (χ0v) is 12.6. The van der Waals surface area contributed by atoms with E-state index < -0.39 is 5.97 Å². The maximum absolute atomic E-state index is 11.1. The van der Waals surface area contributed by atoms with E-state index in [1.807, 2.05) is 37.3 Å². The molecule has 0 saturated carbocycles. The van der Waals surface area contributed by atoms with Crippen LogP contribution in [0, 0.1) is 18.8 Å². The van der Waals surface area contributed by atoms with Gasteiger partial charge in [0.2, 0.25) is 0 Å². The number of anilines is 1. The number of nitrogens with zero attached hydrogens (tertiary/aromatic N) is 1. The van der Waals surface area contributed by atoms with Crippen LogP contribution in [0.25, 0.3) is 6.08 Å². The van der Waals surface area contributed by atoms with Gasteiger partial charge in [-0.05, 0) is 36.8 Å². The topological polar surface area (TPSA) is 60.8 Å². The maximum atomic E-state index is 11.1. The average molecular weight is 305 g/mol. The summed E-state index contributed by atoms with van der Waals surface area (Å²) in [4.78, 5) is 11.1. The van der Waals surface area contributed by atoms with Crippen LogP contribution in [0.2, 0.25) is 0 Å². The number of hydroxylamine groups is 1. The molecule has 1 aliphatic rings. The molecular weight excluding hydrogens is 290 g/mol. The lowest BCUT2D eigenvalue weighted by Crippen LogP contribution is -2.24. The molecule has 0 unspecified atom stereocenters. The molecule has 3 rings (SSSR count). The molecule has 1 aliphatic heterocycles. The number of hydrogen-bond acceptors (Lipinski definition) is 3.